The first kappa shape index (κ1) is 23.2. The Morgan fingerprint density at radius 2 is 1.37 bits per heavy atom. The average Bonchev–Trinajstić information content (AvgIpc) is 2.74. The van der Waals surface area contributed by atoms with E-state index in [2.05, 4.69) is 0 Å². The number of aryl methyl sites for hydroxylation is 3. The van der Waals surface area contributed by atoms with E-state index >= 15 is 0 Å². The Hall–Kier alpha value is -3.05. The minimum atomic E-state index is -0.386. The van der Waals surface area contributed by atoms with Crippen molar-refractivity contribution in [1.82, 2.24) is 0 Å². The van der Waals surface area contributed by atoms with Gasteiger partial charge in [0.15, 0.2) is 0 Å². The van der Waals surface area contributed by atoms with Crippen molar-refractivity contribution in [3.8, 4) is 5.75 Å². The molecule has 0 atom stereocenters. The molecule has 6 heteroatoms. The lowest BCUT2D eigenvalue weighted by atomic mass is 10.1. The van der Waals surface area contributed by atoms with Crippen molar-refractivity contribution >= 4 is 24.2 Å². The number of carbonyl (C=O) groups is 2. The van der Waals surface area contributed by atoms with Crippen molar-refractivity contribution in [2.45, 2.75) is 27.4 Å². The summed E-state index contributed by atoms with van der Waals surface area (Å²) in [4.78, 5) is 20.8. The van der Waals surface area contributed by atoms with Gasteiger partial charge in [0.1, 0.15) is 36.6 Å². The third-order valence-electron chi connectivity index (χ3n) is 4.40. The molecule has 3 rings (SSSR count). The molecule has 0 radical (unpaired) electrons. The monoisotopic (exact) mass is 430 g/mol. The van der Waals surface area contributed by atoms with Crippen molar-refractivity contribution < 1.29 is 23.1 Å². The lowest BCUT2D eigenvalue weighted by molar-refractivity contribution is 0.111. The quantitative estimate of drug-likeness (QED) is 0.438. The Bertz CT molecular complexity index is 1060. The van der Waals surface area contributed by atoms with Crippen LogP contribution in [0, 0.1) is 32.4 Å². The molecule has 156 valence electrons. The molecule has 0 unspecified atom stereocenters. The summed E-state index contributed by atoms with van der Waals surface area (Å²) in [5, 5.41) is 0.382. The van der Waals surface area contributed by atoms with Crippen molar-refractivity contribution in [2.75, 3.05) is 0 Å². The van der Waals surface area contributed by atoms with E-state index in [0.717, 1.165) is 17.4 Å². The van der Waals surface area contributed by atoms with Gasteiger partial charge in [0, 0.05) is 16.7 Å². The van der Waals surface area contributed by atoms with Gasteiger partial charge in [0.05, 0.1) is 5.02 Å². The highest BCUT2D eigenvalue weighted by Gasteiger charge is 2.11. The SMILES string of the molecule is Cc1cc(C=O)ccc1F.Cc1cc(C=O)ccc1OCc1c(F)ccc(C)c1Cl. The number of aldehydes is 2. The Morgan fingerprint density at radius 1 is 0.800 bits per heavy atom. The number of hydrogen-bond donors (Lipinski definition) is 0. The summed E-state index contributed by atoms with van der Waals surface area (Å²) in [7, 11) is 0. The molecule has 0 fully saturated rings. The molecule has 0 aliphatic heterocycles. The van der Waals surface area contributed by atoms with E-state index in [1.165, 1.54) is 24.3 Å². The van der Waals surface area contributed by atoms with E-state index in [4.69, 9.17) is 16.3 Å². The summed E-state index contributed by atoms with van der Waals surface area (Å²) >= 11 is 6.09. The van der Waals surface area contributed by atoms with Crippen LogP contribution in [-0.4, -0.2) is 12.6 Å². The molecule has 0 heterocycles. The standard InChI is InChI=1S/C16H14ClFO2.C8H7FO/c1-10-3-5-14(18)13(16(10)17)9-20-15-6-4-12(8-19)7-11(15)2;1-6-4-7(5-10)2-3-8(6)9/h3-8H,9H2,1-2H3;2-5H,1H3. The zero-order chi connectivity index (χ0) is 22.3. The summed E-state index contributed by atoms with van der Waals surface area (Å²) in [5.41, 5.74) is 3.56. The Balaban J connectivity index is 0.000000269. The van der Waals surface area contributed by atoms with E-state index in [-0.39, 0.29) is 18.2 Å². The van der Waals surface area contributed by atoms with E-state index in [1.54, 1.807) is 31.2 Å². The second-order valence-electron chi connectivity index (χ2n) is 6.71. The van der Waals surface area contributed by atoms with Crippen LogP contribution < -0.4 is 4.74 Å². The van der Waals surface area contributed by atoms with Crippen LogP contribution in [0.25, 0.3) is 0 Å². The lowest BCUT2D eigenvalue weighted by Crippen LogP contribution is -2.02. The third kappa shape index (κ3) is 5.97. The zero-order valence-electron chi connectivity index (χ0n) is 16.8. The molecule has 3 nitrogen and oxygen atoms in total. The number of carbonyl (C=O) groups excluding carboxylic acids is 2. The van der Waals surface area contributed by atoms with Gasteiger partial charge < -0.3 is 4.74 Å². The number of benzene rings is 3. The first-order valence-corrected chi connectivity index (χ1v) is 9.48. The first-order valence-electron chi connectivity index (χ1n) is 9.10. The second kappa shape index (κ2) is 10.6. The molecule has 0 amide bonds. The van der Waals surface area contributed by atoms with E-state index in [9.17, 15) is 18.4 Å². The molecular formula is C24H21ClF2O3. The van der Waals surface area contributed by atoms with Gasteiger partial charge in [-0.25, -0.2) is 8.78 Å². The smallest absolute Gasteiger partial charge is 0.150 e. The van der Waals surface area contributed by atoms with Crippen LogP contribution in [0.5, 0.6) is 5.75 Å². The van der Waals surface area contributed by atoms with Crippen molar-refractivity contribution in [2.24, 2.45) is 0 Å². The minimum absolute atomic E-state index is 0.0492. The maximum Gasteiger partial charge on any atom is 0.150 e. The predicted molar refractivity (Wildman–Crippen MR) is 114 cm³/mol. The third-order valence-corrected chi connectivity index (χ3v) is 4.93. The summed E-state index contributed by atoms with van der Waals surface area (Å²) in [6.07, 6.45) is 1.47. The fourth-order valence-corrected chi connectivity index (χ4v) is 2.85. The fraction of sp³-hybridized carbons (Fsp3) is 0.167. The molecule has 0 N–H and O–H groups in total. The van der Waals surface area contributed by atoms with Crippen molar-refractivity contribution in [1.29, 1.82) is 0 Å². The van der Waals surface area contributed by atoms with Crippen LogP contribution in [0.1, 0.15) is 43.0 Å². The molecule has 0 spiro atoms. The maximum absolute atomic E-state index is 13.7. The van der Waals surface area contributed by atoms with Gasteiger partial charge in [0.2, 0.25) is 0 Å². The molecule has 30 heavy (non-hydrogen) atoms. The van der Waals surface area contributed by atoms with Gasteiger partial charge in [-0.15, -0.1) is 0 Å². The zero-order valence-corrected chi connectivity index (χ0v) is 17.6. The Labute approximate surface area is 179 Å². The summed E-state index contributed by atoms with van der Waals surface area (Å²) < 4.78 is 31.9. The van der Waals surface area contributed by atoms with Gasteiger partial charge in [-0.05, 0) is 79.9 Å². The molecule has 0 saturated heterocycles. The van der Waals surface area contributed by atoms with E-state index < -0.39 is 0 Å². The lowest BCUT2D eigenvalue weighted by Gasteiger charge is -2.12. The molecule has 0 aliphatic carbocycles. The van der Waals surface area contributed by atoms with Gasteiger partial charge in [0.25, 0.3) is 0 Å². The van der Waals surface area contributed by atoms with Crippen LogP contribution in [0.4, 0.5) is 8.78 Å². The van der Waals surface area contributed by atoms with Crippen LogP contribution in [0.2, 0.25) is 5.02 Å². The van der Waals surface area contributed by atoms with Crippen LogP contribution in [0.15, 0.2) is 48.5 Å². The fourth-order valence-electron chi connectivity index (χ4n) is 2.65. The highest BCUT2D eigenvalue weighted by molar-refractivity contribution is 6.32. The predicted octanol–water partition coefficient (Wildman–Crippen LogP) is 6.43. The van der Waals surface area contributed by atoms with Crippen LogP contribution in [-0.2, 0) is 6.61 Å². The number of ether oxygens (including phenoxy) is 1. The van der Waals surface area contributed by atoms with Crippen molar-refractivity contribution in [3.05, 3.63) is 98.6 Å². The molecule has 0 bridgehead atoms. The molecule has 0 aliphatic rings. The first-order chi connectivity index (χ1) is 14.3. The summed E-state index contributed by atoms with van der Waals surface area (Å²) in [6, 6.07) is 12.3. The highest BCUT2D eigenvalue weighted by Crippen LogP contribution is 2.26. The molecule has 3 aromatic rings. The van der Waals surface area contributed by atoms with Gasteiger partial charge >= 0.3 is 0 Å². The maximum atomic E-state index is 13.7. The normalized spacial score (nSPS) is 10.1. The number of hydrogen-bond acceptors (Lipinski definition) is 3. The highest BCUT2D eigenvalue weighted by atomic mass is 35.5. The van der Waals surface area contributed by atoms with Crippen LogP contribution in [0.3, 0.4) is 0 Å². The topological polar surface area (TPSA) is 43.4 Å². The van der Waals surface area contributed by atoms with Gasteiger partial charge in [-0.2, -0.15) is 0 Å². The Kier molecular flexibility index (Phi) is 8.25. The molecular weight excluding hydrogens is 410 g/mol. The van der Waals surface area contributed by atoms with E-state index in [1.807, 2.05) is 13.8 Å². The van der Waals surface area contributed by atoms with Crippen LogP contribution >= 0.6 is 11.6 Å². The molecule has 3 aromatic carbocycles. The number of halogens is 3. The molecule has 0 aromatic heterocycles. The minimum Gasteiger partial charge on any atom is -0.488 e. The van der Waals surface area contributed by atoms with E-state index in [0.29, 0.717) is 39.3 Å². The summed E-state index contributed by atoms with van der Waals surface area (Å²) in [5.74, 6) is -0.0547. The average molecular weight is 431 g/mol. The van der Waals surface area contributed by atoms with Gasteiger partial charge in [-0.3, -0.25) is 9.59 Å². The molecule has 0 saturated carbocycles. The summed E-state index contributed by atoms with van der Waals surface area (Å²) in [6.45, 7) is 5.32. The number of rotatable bonds is 5. The van der Waals surface area contributed by atoms with Gasteiger partial charge in [-0.1, -0.05) is 17.7 Å². The second-order valence-corrected chi connectivity index (χ2v) is 7.09. The van der Waals surface area contributed by atoms with Crippen molar-refractivity contribution in [3.63, 3.8) is 0 Å². The largest absolute Gasteiger partial charge is 0.488 e. The Morgan fingerprint density at radius 3 is 1.93 bits per heavy atom.